The van der Waals surface area contributed by atoms with E-state index in [0.29, 0.717) is 29.2 Å². The summed E-state index contributed by atoms with van der Waals surface area (Å²) in [5.74, 6) is 0.749. The Morgan fingerprint density at radius 2 is 1.89 bits per heavy atom. The van der Waals surface area contributed by atoms with Gasteiger partial charge in [0.1, 0.15) is 17.2 Å². The quantitative estimate of drug-likeness (QED) is 0.334. The van der Waals surface area contributed by atoms with Gasteiger partial charge in [-0.25, -0.2) is 4.79 Å². The van der Waals surface area contributed by atoms with Crippen LogP contribution in [0.4, 0.5) is 10.5 Å². The van der Waals surface area contributed by atoms with E-state index in [-0.39, 0.29) is 23.6 Å². The number of aromatic hydroxyl groups is 1. The van der Waals surface area contributed by atoms with Gasteiger partial charge in [0.2, 0.25) is 0 Å². The molecule has 2 aromatic carbocycles. The van der Waals surface area contributed by atoms with Crippen LogP contribution in [0.3, 0.4) is 0 Å². The number of carbonyl (C=O) groups is 2. The maximum absolute atomic E-state index is 13.0. The van der Waals surface area contributed by atoms with Crippen LogP contribution in [0.5, 0.6) is 11.5 Å². The predicted octanol–water partition coefficient (Wildman–Crippen LogP) is 4.49. The minimum absolute atomic E-state index is 0.0116. The first-order chi connectivity index (χ1) is 17.4. The number of aromatic nitrogens is 3. The van der Waals surface area contributed by atoms with Crippen LogP contribution in [-0.4, -0.2) is 38.5 Å². The molecule has 0 spiro atoms. The highest BCUT2D eigenvalue weighted by Gasteiger charge is 2.31. The number of phenols is 1. The van der Waals surface area contributed by atoms with E-state index < -0.39 is 0 Å². The Labute approximate surface area is 208 Å². The third-order valence-corrected chi connectivity index (χ3v) is 6.23. The van der Waals surface area contributed by atoms with Crippen LogP contribution < -0.4 is 15.4 Å². The lowest BCUT2D eigenvalue weighted by Gasteiger charge is -2.09. The van der Waals surface area contributed by atoms with Crippen molar-refractivity contribution in [3.05, 3.63) is 83.8 Å². The zero-order valence-corrected chi connectivity index (χ0v) is 20.1. The maximum Gasteiger partial charge on any atom is 0.342 e. The molecule has 1 aliphatic carbocycles. The van der Waals surface area contributed by atoms with E-state index in [0.717, 1.165) is 29.8 Å². The molecule has 2 heterocycles. The molecule has 3 N–H and O–H groups in total. The van der Waals surface area contributed by atoms with Crippen molar-refractivity contribution in [2.45, 2.75) is 25.3 Å². The Hall–Kier alpha value is -4.53. The highest BCUT2D eigenvalue weighted by Crippen LogP contribution is 2.42. The molecular weight excluding hydrogens is 458 g/mol. The van der Waals surface area contributed by atoms with Crippen LogP contribution in [0.25, 0.3) is 11.3 Å². The number of nitrogens with zero attached hydrogens (tertiary/aromatic N) is 3. The van der Waals surface area contributed by atoms with Crippen LogP contribution in [-0.2, 0) is 13.6 Å². The number of hydrogen-bond acceptors (Lipinski definition) is 5. The zero-order chi connectivity index (χ0) is 25.2. The third-order valence-electron chi connectivity index (χ3n) is 6.23. The van der Waals surface area contributed by atoms with Gasteiger partial charge >= 0.3 is 6.03 Å². The number of anilines is 1. The summed E-state index contributed by atoms with van der Waals surface area (Å²) in [6, 6.07) is 17.3. The normalized spacial score (nSPS) is 12.8. The summed E-state index contributed by atoms with van der Waals surface area (Å²) in [4.78, 5) is 25.7. The van der Waals surface area contributed by atoms with E-state index >= 15 is 0 Å². The topological polar surface area (TPSA) is 110 Å². The summed E-state index contributed by atoms with van der Waals surface area (Å²) in [5.41, 5.74) is 3.66. The molecule has 1 saturated carbocycles. The zero-order valence-electron chi connectivity index (χ0n) is 20.1. The number of carbonyl (C=O) groups excluding carboxylic acids is 2. The van der Waals surface area contributed by atoms with E-state index in [1.54, 1.807) is 49.2 Å². The van der Waals surface area contributed by atoms with Crippen molar-refractivity contribution < 1.29 is 19.4 Å². The highest BCUT2D eigenvalue weighted by molar-refractivity contribution is 6.03. The molecule has 36 heavy (non-hydrogen) atoms. The second-order valence-electron chi connectivity index (χ2n) is 8.84. The Morgan fingerprint density at radius 1 is 1.11 bits per heavy atom. The van der Waals surface area contributed by atoms with Gasteiger partial charge in [0.05, 0.1) is 18.5 Å². The van der Waals surface area contributed by atoms with Crippen molar-refractivity contribution >= 4 is 17.6 Å². The number of hydrogen-bond donors (Lipinski definition) is 3. The molecule has 9 nitrogen and oxygen atoms in total. The Morgan fingerprint density at radius 3 is 2.56 bits per heavy atom. The number of phenolic OH excluding ortho intramolecular Hbond substituents is 1. The molecule has 5 rings (SSSR count). The molecule has 9 heteroatoms. The van der Waals surface area contributed by atoms with Gasteiger partial charge in [-0.1, -0.05) is 12.1 Å². The molecule has 0 bridgehead atoms. The third kappa shape index (κ3) is 4.81. The molecule has 0 saturated heterocycles. The van der Waals surface area contributed by atoms with Gasteiger partial charge in [-0.2, -0.15) is 9.78 Å². The molecule has 1 aliphatic rings. The molecule has 2 aromatic heterocycles. The second-order valence-corrected chi connectivity index (χ2v) is 8.84. The monoisotopic (exact) mass is 485 g/mol. The maximum atomic E-state index is 13.0. The molecule has 2 amide bonds. The van der Waals surface area contributed by atoms with Crippen molar-refractivity contribution in [3.63, 3.8) is 0 Å². The first-order valence-electron chi connectivity index (χ1n) is 11.7. The second kappa shape index (κ2) is 9.61. The fourth-order valence-electron chi connectivity index (χ4n) is 4.07. The van der Waals surface area contributed by atoms with Gasteiger partial charge in [0, 0.05) is 37.0 Å². The van der Waals surface area contributed by atoms with E-state index in [1.165, 1.54) is 10.7 Å². The summed E-state index contributed by atoms with van der Waals surface area (Å²) >= 11 is 0. The molecule has 0 unspecified atom stereocenters. The smallest absolute Gasteiger partial charge is 0.342 e. The molecule has 4 aromatic rings. The summed E-state index contributed by atoms with van der Waals surface area (Å²) in [7, 11) is 3.40. The Balaban J connectivity index is 1.37. The number of benzene rings is 2. The van der Waals surface area contributed by atoms with Gasteiger partial charge in [0.25, 0.3) is 5.91 Å². The first-order valence-corrected chi connectivity index (χ1v) is 11.7. The summed E-state index contributed by atoms with van der Waals surface area (Å²) < 4.78 is 8.28. The van der Waals surface area contributed by atoms with E-state index in [1.807, 2.05) is 30.3 Å². The fraction of sp³-hybridized carbons (Fsp3) is 0.222. The summed E-state index contributed by atoms with van der Waals surface area (Å²) in [5, 5.41) is 20.9. The van der Waals surface area contributed by atoms with Crippen LogP contribution in [0, 0.1) is 0 Å². The van der Waals surface area contributed by atoms with Gasteiger partial charge < -0.3 is 25.0 Å². The van der Waals surface area contributed by atoms with Crippen molar-refractivity contribution in [1.29, 1.82) is 0 Å². The average molecular weight is 486 g/mol. The molecule has 0 atom stereocenters. The van der Waals surface area contributed by atoms with Crippen molar-refractivity contribution in [3.8, 4) is 22.8 Å². The predicted molar refractivity (Wildman–Crippen MR) is 135 cm³/mol. The molecule has 184 valence electrons. The number of rotatable bonds is 7. The van der Waals surface area contributed by atoms with Crippen LogP contribution in [0.1, 0.15) is 40.5 Å². The molecular formula is C27H27N5O4. The highest BCUT2D eigenvalue weighted by atomic mass is 16.5. The number of amides is 2. The van der Waals surface area contributed by atoms with E-state index in [4.69, 9.17) is 4.74 Å². The number of aryl methyl sites for hydroxylation is 1. The van der Waals surface area contributed by atoms with Gasteiger partial charge in [-0.05, 0) is 66.9 Å². The Bertz CT molecular complexity index is 1420. The average Bonchev–Trinajstić information content (AvgIpc) is 3.48. The van der Waals surface area contributed by atoms with Crippen molar-refractivity contribution in [1.82, 2.24) is 19.7 Å². The van der Waals surface area contributed by atoms with Crippen LogP contribution in [0.15, 0.2) is 66.9 Å². The largest absolute Gasteiger partial charge is 0.507 e. The number of nitrogens with one attached hydrogen (secondary N) is 2. The lowest BCUT2D eigenvalue weighted by atomic mass is 10.1. The van der Waals surface area contributed by atoms with E-state index in [2.05, 4.69) is 15.7 Å². The van der Waals surface area contributed by atoms with Crippen LogP contribution >= 0.6 is 0 Å². The fourth-order valence-corrected chi connectivity index (χ4v) is 4.07. The van der Waals surface area contributed by atoms with Gasteiger partial charge in [0.15, 0.2) is 0 Å². The summed E-state index contributed by atoms with van der Waals surface area (Å²) in [6.07, 6.45) is 3.76. The van der Waals surface area contributed by atoms with Crippen LogP contribution in [0.2, 0.25) is 0 Å². The lowest BCUT2D eigenvalue weighted by molar-refractivity contribution is 0.101. The van der Waals surface area contributed by atoms with Gasteiger partial charge in [-0.3, -0.25) is 4.79 Å². The van der Waals surface area contributed by atoms with E-state index in [9.17, 15) is 14.7 Å². The van der Waals surface area contributed by atoms with Crippen molar-refractivity contribution in [2.75, 3.05) is 12.4 Å². The Kier molecular flexibility index (Phi) is 6.20. The minimum Gasteiger partial charge on any atom is -0.507 e. The first kappa shape index (κ1) is 23.2. The molecule has 1 fully saturated rings. The SMILES string of the molecule is COc1ccc(CNC(=O)n2nc(-c3cc(NC(=O)c4cccn4C)ccc3O)cc2C2CC2)cc1. The summed E-state index contributed by atoms with van der Waals surface area (Å²) in [6.45, 7) is 0.341. The lowest BCUT2D eigenvalue weighted by Crippen LogP contribution is -2.30. The number of methoxy groups -OCH3 is 1. The van der Waals surface area contributed by atoms with Gasteiger partial charge in [-0.15, -0.1) is 0 Å². The minimum atomic E-state index is -0.341. The standard InChI is InChI=1S/C27H27N5O4/c1-31-13-3-4-23(31)26(34)29-19-9-12-25(33)21(14-19)22-15-24(18-7-8-18)32(30-22)27(35)28-16-17-5-10-20(36-2)11-6-17/h3-6,9-15,18,33H,7-8,16H2,1-2H3,(H,28,35)(H,29,34). The number of ether oxygens (including phenoxy) is 1. The molecule has 0 aliphatic heterocycles. The van der Waals surface area contributed by atoms with Crippen molar-refractivity contribution in [2.24, 2.45) is 7.05 Å². The molecule has 0 radical (unpaired) electrons.